The van der Waals surface area contributed by atoms with Crippen molar-refractivity contribution in [3.05, 3.63) is 46.7 Å². The van der Waals surface area contributed by atoms with Gasteiger partial charge in [0.1, 0.15) is 5.82 Å². The third-order valence-electron chi connectivity index (χ3n) is 2.65. The molecule has 1 heterocycles. The minimum atomic E-state index is -0.258. The SMILES string of the molecule is CCCn1cncc1CNc1ccc(Br)cc1F. The highest BCUT2D eigenvalue weighted by molar-refractivity contribution is 9.10. The van der Waals surface area contributed by atoms with E-state index in [1.54, 1.807) is 18.6 Å². The van der Waals surface area contributed by atoms with Crippen LogP contribution < -0.4 is 5.32 Å². The fourth-order valence-electron chi connectivity index (χ4n) is 1.76. The van der Waals surface area contributed by atoms with Crippen molar-refractivity contribution in [2.75, 3.05) is 5.32 Å². The summed E-state index contributed by atoms with van der Waals surface area (Å²) in [4.78, 5) is 4.11. The molecule has 0 unspecified atom stereocenters. The summed E-state index contributed by atoms with van der Waals surface area (Å²) < 4.78 is 16.4. The average molecular weight is 312 g/mol. The first-order valence-corrected chi connectivity index (χ1v) is 6.68. The van der Waals surface area contributed by atoms with Crippen molar-refractivity contribution in [2.24, 2.45) is 0 Å². The van der Waals surface area contributed by atoms with E-state index in [0.717, 1.165) is 23.1 Å². The molecule has 0 saturated carbocycles. The molecular weight excluding hydrogens is 297 g/mol. The number of benzene rings is 1. The van der Waals surface area contributed by atoms with Gasteiger partial charge in [-0.05, 0) is 24.6 Å². The molecule has 0 amide bonds. The number of aryl methyl sites for hydroxylation is 1. The van der Waals surface area contributed by atoms with Gasteiger partial charge in [-0.1, -0.05) is 22.9 Å². The molecule has 0 spiro atoms. The monoisotopic (exact) mass is 311 g/mol. The lowest BCUT2D eigenvalue weighted by Gasteiger charge is -2.10. The molecule has 0 radical (unpaired) electrons. The van der Waals surface area contributed by atoms with Crippen molar-refractivity contribution in [3.63, 3.8) is 0 Å². The van der Waals surface area contributed by atoms with E-state index < -0.39 is 0 Å². The Morgan fingerprint density at radius 1 is 1.44 bits per heavy atom. The number of halogens is 2. The molecule has 0 saturated heterocycles. The molecule has 0 aliphatic carbocycles. The Hall–Kier alpha value is -1.36. The molecule has 0 aliphatic heterocycles. The molecule has 3 nitrogen and oxygen atoms in total. The van der Waals surface area contributed by atoms with E-state index in [-0.39, 0.29) is 5.82 Å². The molecule has 0 atom stereocenters. The molecule has 5 heteroatoms. The minimum Gasteiger partial charge on any atom is -0.377 e. The van der Waals surface area contributed by atoms with Crippen LogP contribution in [0.25, 0.3) is 0 Å². The third-order valence-corrected chi connectivity index (χ3v) is 3.15. The highest BCUT2D eigenvalue weighted by Gasteiger charge is 2.04. The smallest absolute Gasteiger partial charge is 0.147 e. The Labute approximate surface area is 114 Å². The van der Waals surface area contributed by atoms with Crippen LogP contribution in [-0.2, 0) is 13.1 Å². The standard InChI is InChI=1S/C13H15BrFN3/c1-2-5-18-9-16-7-11(18)8-17-13-4-3-10(14)6-12(13)15/h3-4,6-7,9,17H,2,5,8H2,1H3. The quantitative estimate of drug-likeness (QED) is 0.910. The molecule has 1 N–H and O–H groups in total. The summed E-state index contributed by atoms with van der Waals surface area (Å²) in [7, 11) is 0. The van der Waals surface area contributed by atoms with E-state index in [1.165, 1.54) is 6.07 Å². The van der Waals surface area contributed by atoms with E-state index in [4.69, 9.17) is 0 Å². The van der Waals surface area contributed by atoms with Crippen molar-refractivity contribution in [2.45, 2.75) is 26.4 Å². The maximum absolute atomic E-state index is 13.6. The number of aromatic nitrogens is 2. The van der Waals surface area contributed by atoms with Gasteiger partial charge >= 0.3 is 0 Å². The Kier molecular flexibility index (Phi) is 4.36. The predicted octanol–water partition coefficient (Wildman–Crippen LogP) is 3.81. The normalized spacial score (nSPS) is 10.6. The summed E-state index contributed by atoms with van der Waals surface area (Å²) in [5, 5.41) is 3.08. The lowest BCUT2D eigenvalue weighted by molar-refractivity contribution is 0.626. The van der Waals surface area contributed by atoms with Crippen LogP contribution in [-0.4, -0.2) is 9.55 Å². The molecule has 0 aliphatic rings. The highest BCUT2D eigenvalue weighted by Crippen LogP contribution is 2.19. The van der Waals surface area contributed by atoms with E-state index in [9.17, 15) is 4.39 Å². The Morgan fingerprint density at radius 3 is 3.00 bits per heavy atom. The van der Waals surface area contributed by atoms with Gasteiger partial charge < -0.3 is 9.88 Å². The molecule has 1 aromatic heterocycles. The van der Waals surface area contributed by atoms with E-state index >= 15 is 0 Å². The van der Waals surface area contributed by atoms with Crippen LogP contribution in [0.15, 0.2) is 35.2 Å². The molecule has 2 aromatic rings. The largest absolute Gasteiger partial charge is 0.377 e. The minimum absolute atomic E-state index is 0.258. The Balaban J connectivity index is 2.04. The molecule has 96 valence electrons. The van der Waals surface area contributed by atoms with Gasteiger partial charge in [-0.25, -0.2) is 9.37 Å². The van der Waals surface area contributed by atoms with Crippen LogP contribution in [0.1, 0.15) is 19.0 Å². The van der Waals surface area contributed by atoms with Crippen LogP contribution in [0.4, 0.5) is 10.1 Å². The number of nitrogens with zero attached hydrogens (tertiary/aromatic N) is 2. The maximum Gasteiger partial charge on any atom is 0.147 e. The lowest BCUT2D eigenvalue weighted by Crippen LogP contribution is -2.07. The maximum atomic E-state index is 13.6. The summed E-state index contributed by atoms with van der Waals surface area (Å²) in [6.45, 7) is 3.62. The summed E-state index contributed by atoms with van der Waals surface area (Å²) in [5.74, 6) is -0.258. The molecule has 0 bridgehead atoms. The van der Waals surface area contributed by atoms with Crippen LogP contribution in [0.5, 0.6) is 0 Å². The average Bonchev–Trinajstić information content (AvgIpc) is 2.76. The van der Waals surface area contributed by atoms with E-state index in [2.05, 4.69) is 37.7 Å². The topological polar surface area (TPSA) is 29.9 Å². The second kappa shape index (κ2) is 6.00. The predicted molar refractivity (Wildman–Crippen MR) is 73.9 cm³/mol. The van der Waals surface area contributed by atoms with Gasteiger partial charge in [0.15, 0.2) is 0 Å². The van der Waals surface area contributed by atoms with Gasteiger partial charge in [0.25, 0.3) is 0 Å². The zero-order valence-corrected chi connectivity index (χ0v) is 11.7. The second-order valence-electron chi connectivity index (χ2n) is 4.06. The number of rotatable bonds is 5. The first kappa shape index (κ1) is 13.1. The van der Waals surface area contributed by atoms with Gasteiger partial charge in [0.2, 0.25) is 0 Å². The lowest BCUT2D eigenvalue weighted by atomic mass is 10.3. The van der Waals surface area contributed by atoms with E-state index in [1.807, 2.05) is 6.07 Å². The molecule has 1 aromatic carbocycles. The van der Waals surface area contributed by atoms with Crippen molar-refractivity contribution in [3.8, 4) is 0 Å². The van der Waals surface area contributed by atoms with Crippen LogP contribution in [0, 0.1) is 5.82 Å². The summed E-state index contributed by atoms with van der Waals surface area (Å²) >= 11 is 3.24. The first-order valence-electron chi connectivity index (χ1n) is 5.88. The van der Waals surface area contributed by atoms with Crippen LogP contribution in [0.2, 0.25) is 0 Å². The van der Waals surface area contributed by atoms with Crippen molar-refractivity contribution in [1.82, 2.24) is 9.55 Å². The Bertz CT molecular complexity index is 525. The molecule has 0 fully saturated rings. The summed E-state index contributed by atoms with van der Waals surface area (Å²) in [5.41, 5.74) is 1.56. The fourth-order valence-corrected chi connectivity index (χ4v) is 2.09. The number of nitrogens with one attached hydrogen (secondary N) is 1. The van der Waals surface area contributed by atoms with Gasteiger partial charge in [-0.2, -0.15) is 0 Å². The first-order chi connectivity index (χ1) is 8.70. The zero-order chi connectivity index (χ0) is 13.0. The van der Waals surface area contributed by atoms with Gasteiger partial charge in [-0.15, -0.1) is 0 Å². The summed E-state index contributed by atoms with van der Waals surface area (Å²) in [6, 6.07) is 4.99. The number of hydrogen-bond acceptors (Lipinski definition) is 2. The van der Waals surface area contributed by atoms with Crippen LogP contribution >= 0.6 is 15.9 Å². The highest BCUT2D eigenvalue weighted by atomic mass is 79.9. The van der Waals surface area contributed by atoms with Gasteiger partial charge in [0, 0.05) is 17.2 Å². The van der Waals surface area contributed by atoms with Gasteiger partial charge in [-0.3, -0.25) is 0 Å². The number of anilines is 1. The second-order valence-corrected chi connectivity index (χ2v) is 4.97. The molecule has 2 rings (SSSR count). The van der Waals surface area contributed by atoms with Crippen LogP contribution in [0.3, 0.4) is 0 Å². The number of imidazole rings is 1. The fraction of sp³-hybridized carbons (Fsp3) is 0.308. The van der Waals surface area contributed by atoms with E-state index in [0.29, 0.717) is 12.2 Å². The van der Waals surface area contributed by atoms with Crippen molar-refractivity contribution >= 4 is 21.6 Å². The number of hydrogen-bond donors (Lipinski definition) is 1. The van der Waals surface area contributed by atoms with Crippen molar-refractivity contribution < 1.29 is 4.39 Å². The third kappa shape index (κ3) is 3.10. The van der Waals surface area contributed by atoms with Gasteiger partial charge in [0.05, 0.1) is 24.3 Å². The molecule has 18 heavy (non-hydrogen) atoms. The zero-order valence-electron chi connectivity index (χ0n) is 10.2. The van der Waals surface area contributed by atoms with Crippen molar-refractivity contribution in [1.29, 1.82) is 0 Å². The summed E-state index contributed by atoms with van der Waals surface area (Å²) in [6.07, 6.45) is 4.66. The molecular formula is C13H15BrFN3. The Morgan fingerprint density at radius 2 is 2.28 bits per heavy atom.